The number of nitrogens with zero attached hydrogens (tertiary/aromatic N) is 2. The fourth-order valence-corrected chi connectivity index (χ4v) is 7.15. The Labute approximate surface area is 272 Å². The van der Waals surface area contributed by atoms with E-state index in [0.717, 1.165) is 85.4 Å². The maximum absolute atomic E-state index is 13.2. The lowest BCUT2D eigenvalue weighted by atomic mass is 9.82. The highest BCUT2D eigenvalue weighted by molar-refractivity contribution is 7.98. The number of amides is 1. The van der Waals surface area contributed by atoms with Crippen molar-refractivity contribution < 1.29 is 18.0 Å². The van der Waals surface area contributed by atoms with Gasteiger partial charge in [-0.15, -0.1) is 11.8 Å². The van der Waals surface area contributed by atoms with Crippen molar-refractivity contribution in [1.29, 1.82) is 0 Å². The SMILES string of the molecule is CN1CCCC(N)(c2cccc(Cl)c2)C1.CSc1cc(C(F)(F)F)ccc1C(=O)NC1(c2cccc(Cl)c2)CCCN(C)C1. The van der Waals surface area contributed by atoms with Crippen LogP contribution < -0.4 is 11.1 Å². The van der Waals surface area contributed by atoms with E-state index in [1.54, 1.807) is 12.3 Å². The predicted molar refractivity (Wildman–Crippen MR) is 175 cm³/mol. The largest absolute Gasteiger partial charge is 0.416 e. The summed E-state index contributed by atoms with van der Waals surface area (Å²) in [7, 11) is 4.10. The number of alkyl halides is 3. The van der Waals surface area contributed by atoms with Crippen LogP contribution in [0.2, 0.25) is 10.0 Å². The minimum atomic E-state index is -4.45. The Balaban J connectivity index is 0.000000246. The van der Waals surface area contributed by atoms with Gasteiger partial charge in [-0.1, -0.05) is 47.5 Å². The number of hydrogen-bond acceptors (Lipinski definition) is 5. The van der Waals surface area contributed by atoms with E-state index in [1.165, 1.54) is 6.07 Å². The number of likely N-dealkylation sites (N-methyl/N-ethyl adjacent to an activating group) is 2. The van der Waals surface area contributed by atoms with Crippen LogP contribution in [0.3, 0.4) is 0 Å². The van der Waals surface area contributed by atoms with E-state index < -0.39 is 23.2 Å². The number of piperidine rings is 2. The molecule has 2 aliphatic rings. The second-order valence-electron chi connectivity index (χ2n) is 11.8. The second kappa shape index (κ2) is 14.4. The molecule has 3 aromatic rings. The van der Waals surface area contributed by atoms with Gasteiger partial charge in [0.2, 0.25) is 0 Å². The first-order valence-corrected chi connectivity index (χ1v) is 16.5. The van der Waals surface area contributed by atoms with E-state index in [-0.39, 0.29) is 11.1 Å². The lowest BCUT2D eigenvalue weighted by Crippen LogP contribution is -2.55. The number of rotatable bonds is 5. The van der Waals surface area contributed by atoms with Gasteiger partial charge in [0.25, 0.3) is 5.91 Å². The molecule has 238 valence electrons. The van der Waals surface area contributed by atoms with E-state index in [2.05, 4.69) is 28.2 Å². The molecule has 3 N–H and O–H groups in total. The van der Waals surface area contributed by atoms with Gasteiger partial charge in [0.05, 0.1) is 22.2 Å². The summed E-state index contributed by atoms with van der Waals surface area (Å²) >= 11 is 13.3. The molecule has 1 amide bonds. The van der Waals surface area contributed by atoms with Crippen molar-refractivity contribution in [3.8, 4) is 0 Å². The average molecular weight is 668 g/mol. The zero-order chi connectivity index (χ0) is 32.1. The first-order chi connectivity index (χ1) is 20.7. The molecule has 5 rings (SSSR count). The minimum absolute atomic E-state index is 0.224. The third kappa shape index (κ3) is 8.50. The van der Waals surface area contributed by atoms with Crippen LogP contribution in [0, 0.1) is 0 Å². The molecule has 0 radical (unpaired) electrons. The molecule has 0 saturated carbocycles. The molecule has 2 fully saturated rings. The van der Waals surface area contributed by atoms with Gasteiger partial charge < -0.3 is 20.9 Å². The summed E-state index contributed by atoms with van der Waals surface area (Å²) in [6.07, 6.45) is 1.00. The zero-order valence-corrected chi connectivity index (χ0v) is 27.5. The van der Waals surface area contributed by atoms with E-state index >= 15 is 0 Å². The first-order valence-electron chi connectivity index (χ1n) is 14.5. The Morgan fingerprint density at radius 1 is 0.886 bits per heavy atom. The summed E-state index contributed by atoms with van der Waals surface area (Å²) in [5, 5.41) is 4.46. The summed E-state index contributed by atoms with van der Waals surface area (Å²) in [5.74, 6) is -0.390. The number of likely N-dealkylation sites (tertiary alicyclic amines) is 2. The van der Waals surface area contributed by atoms with Gasteiger partial charge in [0.15, 0.2) is 0 Å². The van der Waals surface area contributed by atoms with Crippen molar-refractivity contribution >= 4 is 40.9 Å². The van der Waals surface area contributed by atoms with Gasteiger partial charge in [-0.3, -0.25) is 4.79 Å². The van der Waals surface area contributed by atoms with Crippen molar-refractivity contribution in [2.75, 3.05) is 46.5 Å². The summed E-state index contributed by atoms with van der Waals surface area (Å²) in [6, 6.07) is 18.5. The standard InChI is InChI=1S/C21H22ClF3N2OS.C12H17ClN2/c1-27-10-4-9-20(13-27,14-5-3-6-16(22)11-14)26-19(28)17-8-7-15(21(23,24)25)12-18(17)29-2;1-15-7-3-6-12(14,9-15)10-4-2-5-11(13)8-10/h3,5-8,11-12H,4,9-10,13H2,1-2H3,(H,26,28);2,4-5,8H,3,6-7,9,14H2,1H3. The highest BCUT2D eigenvalue weighted by atomic mass is 35.5. The molecule has 2 unspecified atom stereocenters. The van der Waals surface area contributed by atoms with Crippen molar-refractivity contribution in [1.82, 2.24) is 15.1 Å². The van der Waals surface area contributed by atoms with Crippen molar-refractivity contribution in [2.45, 2.75) is 47.8 Å². The molecule has 0 aliphatic carbocycles. The Kier molecular flexibility index (Phi) is 11.4. The van der Waals surface area contributed by atoms with Gasteiger partial charge in [-0.25, -0.2) is 0 Å². The molecule has 0 bridgehead atoms. The highest BCUT2D eigenvalue weighted by Crippen LogP contribution is 2.36. The molecule has 44 heavy (non-hydrogen) atoms. The summed E-state index contributed by atoms with van der Waals surface area (Å²) in [5.41, 5.74) is 7.07. The number of nitrogens with two attached hydrogens (primary N) is 1. The van der Waals surface area contributed by atoms with E-state index in [4.69, 9.17) is 28.9 Å². The fraction of sp³-hybridized carbons (Fsp3) is 0.424. The Hall–Kier alpha value is -2.27. The number of nitrogens with one attached hydrogen (secondary N) is 1. The molecular weight excluding hydrogens is 628 g/mol. The van der Waals surface area contributed by atoms with Crippen molar-refractivity contribution in [2.24, 2.45) is 5.73 Å². The van der Waals surface area contributed by atoms with E-state index in [1.807, 2.05) is 43.4 Å². The second-order valence-corrected chi connectivity index (χ2v) is 13.5. The Morgan fingerprint density at radius 2 is 1.48 bits per heavy atom. The molecular formula is C33H39Cl2F3N4OS. The molecule has 11 heteroatoms. The van der Waals surface area contributed by atoms with Crippen LogP contribution in [0.1, 0.15) is 52.7 Å². The Morgan fingerprint density at radius 3 is 2.05 bits per heavy atom. The van der Waals surface area contributed by atoms with E-state index in [9.17, 15) is 18.0 Å². The van der Waals surface area contributed by atoms with Crippen molar-refractivity contribution in [3.63, 3.8) is 0 Å². The molecule has 2 heterocycles. The Bertz CT molecular complexity index is 1460. The lowest BCUT2D eigenvalue weighted by molar-refractivity contribution is -0.137. The molecule has 0 spiro atoms. The summed E-state index contributed by atoms with van der Waals surface area (Å²) in [6.45, 7) is 3.55. The molecule has 5 nitrogen and oxygen atoms in total. The summed E-state index contributed by atoms with van der Waals surface area (Å²) in [4.78, 5) is 17.9. The van der Waals surface area contributed by atoms with Gasteiger partial charge in [0, 0.05) is 28.0 Å². The molecule has 2 atom stereocenters. The number of carbonyl (C=O) groups excluding carboxylic acids is 1. The molecule has 2 aliphatic heterocycles. The van der Waals surface area contributed by atoms with Crippen LogP contribution in [-0.4, -0.2) is 62.2 Å². The lowest BCUT2D eigenvalue weighted by Gasteiger charge is -2.42. The van der Waals surface area contributed by atoms with Crippen LogP contribution in [0.4, 0.5) is 13.2 Å². The van der Waals surface area contributed by atoms with Gasteiger partial charge >= 0.3 is 6.18 Å². The molecule has 0 aromatic heterocycles. The van der Waals surface area contributed by atoms with Crippen LogP contribution >= 0.6 is 35.0 Å². The van der Waals surface area contributed by atoms with Crippen LogP contribution in [0.15, 0.2) is 71.6 Å². The summed E-state index contributed by atoms with van der Waals surface area (Å²) < 4.78 is 39.1. The fourth-order valence-electron chi connectivity index (χ4n) is 6.14. The third-order valence-electron chi connectivity index (χ3n) is 8.30. The highest BCUT2D eigenvalue weighted by Gasteiger charge is 2.39. The first kappa shape index (κ1) is 34.6. The number of hydrogen-bond donors (Lipinski definition) is 2. The monoisotopic (exact) mass is 666 g/mol. The number of carbonyl (C=O) groups is 1. The maximum atomic E-state index is 13.2. The van der Waals surface area contributed by atoms with Crippen LogP contribution in [-0.2, 0) is 17.3 Å². The normalized spacial score (nSPS) is 23.0. The molecule has 3 aromatic carbocycles. The minimum Gasteiger partial charge on any atom is -0.341 e. The quantitative estimate of drug-likeness (QED) is 0.274. The van der Waals surface area contributed by atoms with Crippen LogP contribution in [0.5, 0.6) is 0 Å². The van der Waals surface area contributed by atoms with Crippen molar-refractivity contribution in [3.05, 3.63) is 99.0 Å². The zero-order valence-electron chi connectivity index (χ0n) is 25.2. The topological polar surface area (TPSA) is 61.6 Å². The van der Waals surface area contributed by atoms with E-state index in [0.29, 0.717) is 16.5 Å². The number of halogens is 5. The van der Waals surface area contributed by atoms with Crippen LogP contribution in [0.25, 0.3) is 0 Å². The number of benzene rings is 3. The smallest absolute Gasteiger partial charge is 0.341 e. The molecule has 2 saturated heterocycles. The van der Waals surface area contributed by atoms with Gasteiger partial charge in [-0.05, 0) is 113 Å². The van der Waals surface area contributed by atoms with Gasteiger partial charge in [-0.2, -0.15) is 13.2 Å². The number of thioether (sulfide) groups is 1. The van der Waals surface area contributed by atoms with Gasteiger partial charge in [0.1, 0.15) is 0 Å². The maximum Gasteiger partial charge on any atom is 0.416 e. The average Bonchev–Trinajstić information content (AvgIpc) is 2.96. The predicted octanol–water partition coefficient (Wildman–Crippen LogP) is 7.65. The third-order valence-corrected chi connectivity index (χ3v) is 9.55.